The molecule has 2 aliphatic heterocycles. The number of ether oxygens (including phenoxy) is 1. The third kappa shape index (κ3) is 2.23. The lowest BCUT2D eigenvalue weighted by Crippen LogP contribution is -2.28. The number of rotatable bonds is 2. The Balaban J connectivity index is 1.63. The number of carbonyl (C=O) groups excluding carboxylic acids is 1. The molecule has 3 aromatic rings. The summed E-state index contributed by atoms with van der Waals surface area (Å²) < 4.78 is 5.78. The Bertz CT molecular complexity index is 908. The predicted octanol–water partition coefficient (Wildman–Crippen LogP) is 4.59. The van der Waals surface area contributed by atoms with Gasteiger partial charge in [0, 0.05) is 12.0 Å². The maximum absolute atomic E-state index is 12.4. The molecule has 2 aliphatic rings. The van der Waals surface area contributed by atoms with Crippen LogP contribution in [0, 0.1) is 0 Å². The molecule has 1 spiro atoms. The van der Waals surface area contributed by atoms with Crippen molar-refractivity contribution < 1.29 is 14.4 Å². The van der Waals surface area contributed by atoms with Crippen molar-refractivity contribution in [2.75, 3.05) is 5.06 Å². The van der Waals surface area contributed by atoms with Gasteiger partial charge in [-0.25, -0.2) is 14.7 Å². The lowest BCUT2D eigenvalue weighted by molar-refractivity contribution is -0.180. The van der Waals surface area contributed by atoms with Gasteiger partial charge in [0.2, 0.25) is 0 Å². The lowest BCUT2D eigenvalue weighted by Gasteiger charge is -2.26. The van der Waals surface area contributed by atoms with E-state index in [1.54, 1.807) is 6.07 Å². The number of fused-ring (bicyclic) bond motifs is 2. The number of hydrogen-bond acceptors (Lipinski definition) is 4. The van der Waals surface area contributed by atoms with Crippen LogP contribution in [0.1, 0.15) is 33.9 Å². The number of esters is 1. The van der Waals surface area contributed by atoms with E-state index in [2.05, 4.69) is 12.1 Å². The highest BCUT2D eigenvalue weighted by atomic mass is 16.8. The first-order chi connectivity index (χ1) is 12.8. The van der Waals surface area contributed by atoms with Gasteiger partial charge < -0.3 is 4.74 Å². The molecule has 3 aromatic carbocycles. The first-order valence-electron chi connectivity index (χ1n) is 8.68. The van der Waals surface area contributed by atoms with Crippen LogP contribution in [0.5, 0.6) is 0 Å². The molecule has 0 unspecified atom stereocenters. The summed E-state index contributed by atoms with van der Waals surface area (Å²) in [7, 11) is 0. The van der Waals surface area contributed by atoms with Crippen LogP contribution in [0.15, 0.2) is 84.9 Å². The molecule has 26 heavy (non-hydrogen) atoms. The summed E-state index contributed by atoms with van der Waals surface area (Å²) in [5.41, 5.74) is 3.42. The van der Waals surface area contributed by atoms with E-state index in [0.29, 0.717) is 12.0 Å². The highest BCUT2D eigenvalue weighted by Gasteiger charge is 2.56. The van der Waals surface area contributed by atoms with Crippen molar-refractivity contribution >= 4 is 11.7 Å². The Hall–Kier alpha value is -3.11. The fourth-order valence-electron chi connectivity index (χ4n) is 3.81. The molecule has 0 aliphatic carbocycles. The van der Waals surface area contributed by atoms with Gasteiger partial charge in [-0.3, -0.25) is 0 Å². The predicted molar refractivity (Wildman–Crippen MR) is 97.3 cm³/mol. The van der Waals surface area contributed by atoms with Gasteiger partial charge in [-0.05, 0) is 23.8 Å². The van der Waals surface area contributed by atoms with E-state index >= 15 is 0 Å². The Morgan fingerprint density at radius 1 is 0.846 bits per heavy atom. The van der Waals surface area contributed by atoms with Crippen LogP contribution in [0.25, 0.3) is 0 Å². The third-order valence-corrected chi connectivity index (χ3v) is 5.00. The quantitative estimate of drug-likeness (QED) is 0.638. The SMILES string of the molecule is O=C1O[C@@]2(C[C@@H](c3ccccc3)N(c3ccccc3)O2)c2ccccc21. The van der Waals surface area contributed by atoms with Gasteiger partial charge in [0.05, 0.1) is 17.3 Å². The summed E-state index contributed by atoms with van der Waals surface area (Å²) in [6.45, 7) is 0. The summed E-state index contributed by atoms with van der Waals surface area (Å²) in [4.78, 5) is 18.7. The second kappa shape index (κ2) is 5.71. The fourth-order valence-corrected chi connectivity index (χ4v) is 3.81. The van der Waals surface area contributed by atoms with Crippen molar-refractivity contribution in [3.63, 3.8) is 0 Å². The summed E-state index contributed by atoms with van der Waals surface area (Å²) in [5, 5.41) is 1.87. The highest BCUT2D eigenvalue weighted by Crippen LogP contribution is 2.52. The Morgan fingerprint density at radius 3 is 2.27 bits per heavy atom. The Labute approximate surface area is 151 Å². The van der Waals surface area contributed by atoms with E-state index in [4.69, 9.17) is 9.57 Å². The topological polar surface area (TPSA) is 38.8 Å². The van der Waals surface area contributed by atoms with E-state index in [1.165, 1.54) is 0 Å². The first-order valence-corrected chi connectivity index (χ1v) is 8.68. The van der Waals surface area contributed by atoms with E-state index in [1.807, 2.05) is 71.8 Å². The number of para-hydroxylation sites is 1. The molecule has 4 heteroatoms. The minimum absolute atomic E-state index is 0.0578. The summed E-state index contributed by atoms with van der Waals surface area (Å²) in [5.74, 6) is -1.41. The molecule has 0 saturated carbocycles. The smallest absolute Gasteiger partial charge is 0.341 e. The van der Waals surface area contributed by atoms with Gasteiger partial charge in [0.1, 0.15) is 0 Å². The van der Waals surface area contributed by atoms with Crippen molar-refractivity contribution in [1.29, 1.82) is 0 Å². The summed E-state index contributed by atoms with van der Waals surface area (Å²) >= 11 is 0. The molecular weight excluding hydrogens is 326 g/mol. The molecule has 128 valence electrons. The zero-order chi connectivity index (χ0) is 17.6. The Morgan fingerprint density at radius 2 is 1.50 bits per heavy atom. The average Bonchev–Trinajstić information content (AvgIpc) is 3.22. The molecule has 2 heterocycles. The number of hydroxylamine groups is 1. The largest absolute Gasteiger partial charge is 0.423 e. The second-order valence-corrected chi connectivity index (χ2v) is 6.57. The van der Waals surface area contributed by atoms with Gasteiger partial charge >= 0.3 is 5.97 Å². The van der Waals surface area contributed by atoms with Crippen molar-refractivity contribution in [3.8, 4) is 0 Å². The first kappa shape index (κ1) is 15.2. The second-order valence-electron chi connectivity index (χ2n) is 6.57. The van der Waals surface area contributed by atoms with Crippen LogP contribution >= 0.6 is 0 Å². The van der Waals surface area contributed by atoms with E-state index in [-0.39, 0.29) is 12.0 Å². The van der Waals surface area contributed by atoms with E-state index in [0.717, 1.165) is 16.8 Å². The molecule has 0 bridgehead atoms. The maximum Gasteiger partial charge on any atom is 0.341 e. The molecule has 0 amide bonds. The van der Waals surface area contributed by atoms with Gasteiger partial charge in [-0.2, -0.15) is 0 Å². The molecule has 2 atom stereocenters. The average molecular weight is 343 g/mol. The number of carbonyl (C=O) groups is 1. The van der Waals surface area contributed by atoms with Gasteiger partial charge in [-0.15, -0.1) is 0 Å². The van der Waals surface area contributed by atoms with E-state index < -0.39 is 5.79 Å². The lowest BCUT2D eigenvalue weighted by atomic mass is 9.94. The van der Waals surface area contributed by atoms with Crippen LogP contribution in [0.4, 0.5) is 5.69 Å². The van der Waals surface area contributed by atoms with Gasteiger partial charge in [-0.1, -0.05) is 66.7 Å². The number of hydrogen-bond donors (Lipinski definition) is 0. The zero-order valence-corrected chi connectivity index (χ0v) is 14.0. The third-order valence-electron chi connectivity index (χ3n) is 5.00. The van der Waals surface area contributed by atoms with E-state index in [9.17, 15) is 4.79 Å². The van der Waals surface area contributed by atoms with Crippen molar-refractivity contribution in [1.82, 2.24) is 0 Å². The number of anilines is 1. The molecule has 1 saturated heterocycles. The van der Waals surface area contributed by atoms with Crippen LogP contribution in [-0.4, -0.2) is 5.97 Å². The van der Waals surface area contributed by atoms with Crippen molar-refractivity contribution in [3.05, 3.63) is 102 Å². The van der Waals surface area contributed by atoms with Crippen molar-refractivity contribution in [2.24, 2.45) is 0 Å². The molecule has 0 radical (unpaired) electrons. The van der Waals surface area contributed by atoms with Crippen LogP contribution in [0.3, 0.4) is 0 Å². The maximum atomic E-state index is 12.4. The summed E-state index contributed by atoms with van der Waals surface area (Å²) in [6, 6.07) is 27.5. The van der Waals surface area contributed by atoms with Gasteiger partial charge in [0.25, 0.3) is 5.79 Å². The van der Waals surface area contributed by atoms with Gasteiger partial charge in [0.15, 0.2) is 0 Å². The number of benzene rings is 3. The van der Waals surface area contributed by atoms with Crippen LogP contribution in [-0.2, 0) is 15.4 Å². The van der Waals surface area contributed by atoms with Crippen LogP contribution < -0.4 is 5.06 Å². The molecule has 0 N–H and O–H groups in total. The zero-order valence-electron chi connectivity index (χ0n) is 14.0. The molecule has 4 nitrogen and oxygen atoms in total. The normalized spacial score (nSPS) is 23.9. The fraction of sp³-hybridized carbons (Fsp3) is 0.136. The standard InChI is InChI=1S/C22H17NO3/c24-21-18-13-7-8-14-19(18)22(25-21)15-20(16-9-3-1-4-10-16)23(26-22)17-11-5-2-6-12-17/h1-14,20H,15H2/t20-,22+/m0/s1. The number of nitrogens with zero attached hydrogens (tertiary/aromatic N) is 1. The molecule has 1 fully saturated rings. The monoisotopic (exact) mass is 343 g/mol. The minimum Gasteiger partial charge on any atom is -0.423 e. The minimum atomic E-state index is -1.08. The Kier molecular flexibility index (Phi) is 3.33. The van der Waals surface area contributed by atoms with Crippen molar-refractivity contribution in [2.45, 2.75) is 18.2 Å². The highest BCUT2D eigenvalue weighted by molar-refractivity contribution is 5.94. The molecular formula is C22H17NO3. The molecule has 5 rings (SSSR count). The molecule has 0 aromatic heterocycles. The summed E-state index contributed by atoms with van der Waals surface area (Å²) in [6.07, 6.45) is 0.536. The van der Waals surface area contributed by atoms with Crippen LogP contribution in [0.2, 0.25) is 0 Å².